The van der Waals surface area contributed by atoms with Gasteiger partial charge >= 0.3 is 0 Å². The molecule has 0 bridgehead atoms. The number of ether oxygens (including phenoxy) is 2. The Balaban J connectivity index is 2.09. The largest absolute Gasteiger partial charge is 0.497 e. The fourth-order valence-electron chi connectivity index (χ4n) is 2.38. The van der Waals surface area contributed by atoms with Crippen molar-refractivity contribution in [3.8, 4) is 11.5 Å². The maximum absolute atomic E-state index is 12.2. The molecule has 4 nitrogen and oxygen atoms in total. The Bertz CT molecular complexity index is 688. The Morgan fingerprint density at radius 1 is 1.17 bits per heavy atom. The molecule has 0 saturated carbocycles. The van der Waals surface area contributed by atoms with Crippen LogP contribution in [0.15, 0.2) is 42.5 Å². The summed E-state index contributed by atoms with van der Waals surface area (Å²) in [6.07, 6.45) is 0.275. The molecule has 0 aromatic heterocycles. The molecule has 0 radical (unpaired) electrons. The lowest BCUT2D eigenvalue weighted by atomic mass is 10.1. The molecule has 1 N–H and O–H groups in total. The first-order chi connectivity index (χ1) is 11.0. The average Bonchev–Trinajstić information content (AvgIpc) is 2.54. The molecule has 0 saturated heterocycles. The molecular weight excluding hydrogens is 314 g/mol. The summed E-state index contributed by atoms with van der Waals surface area (Å²) in [7, 11) is 3.21. The molecule has 0 aliphatic rings. The van der Waals surface area contributed by atoms with Crippen molar-refractivity contribution in [1.82, 2.24) is 5.32 Å². The number of rotatable bonds is 6. The molecule has 5 heteroatoms. The molecule has 2 aromatic rings. The van der Waals surface area contributed by atoms with Crippen molar-refractivity contribution in [1.29, 1.82) is 0 Å². The lowest BCUT2D eigenvalue weighted by Gasteiger charge is -2.18. The third-order valence-electron chi connectivity index (χ3n) is 3.53. The second-order valence-corrected chi connectivity index (χ2v) is 5.64. The maximum atomic E-state index is 12.2. The highest BCUT2D eigenvalue weighted by molar-refractivity contribution is 6.30. The number of hydrogen-bond donors (Lipinski definition) is 1. The van der Waals surface area contributed by atoms with Gasteiger partial charge in [0.1, 0.15) is 11.5 Å². The van der Waals surface area contributed by atoms with Gasteiger partial charge < -0.3 is 14.8 Å². The van der Waals surface area contributed by atoms with Gasteiger partial charge in [-0.1, -0.05) is 23.7 Å². The van der Waals surface area contributed by atoms with Crippen LogP contribution in [0.1, 0.15) is 24.1 Å². The number of methoxy groups -OCH3 is 2. The van der Waals surface area contributed by atoms with Gasteiger partial charge in [-0.25, -0.2) is 0 Å². The zero-order chi connectivity index (χ0) is 16.8. The first-order valence-corrected chi connectivity index (χ1v) is 7.67. The van der Waals surface area contributed by atoms with Gasteiger partial charge in [0, 0.05) is 10.6 Å². The van der Waals surface area contributed by atoms with Crippen molar-refractivity contribution in [2.75, 3.05) is 14.2 Å². The number of halogens is 1. The van der Waals surface area contributed by atoms with Gasteiger partial charge in [-0.05, 0) is 42.8 Å². The molecule has 1 atom stereocenters. The third kappa shape index (κ3) is 4.63. The molecule has 0 fully saturated rings. The Kier molecular flexibility index (Phi) is 5.88. The van der Waals surface area contributed by atoms with Gasteiger partial charge in [-0.3, -0.25) is 4.79 Å². The monoisotopic (exact) mass is 333 g/mol. The topological polar surface area (TPSA) is 47.6 Å². The zero-order valence-corrected chi connectivity index (χ0v) is 14.2. The van der Waals surface area contributed by atoms with Crippen molar-refractivity contribution in [3.05, 3.63) is 58.6 Å². The first kappa shape index (κ1) is 17.2. The molecule has 0 spiro atoms. The van der Waals surface area contributed by atoms with Crippen molar-refractivity contribution in [2.24, 2.45) is 0 Å². The van der Waals surface area contributed by atoms with E-state index in [0.29, 0.717) is 10.8 Å². The van der Waals surface area contributed by atoms with E-state index in [1.54, 1.807) is 26.4 Å². The van der Waals surface area contributed by atoms with E-state index in [1.807, 2.05) is 37.3 Å². The predicted molar refractivity (Wildman–Crippen MR) is 91.3 cm³/mol. The Hall–Kier alpha value is -2.20. The van der Waals surface area contributed by atoms with E-state index < -0.39 is 0 Å². The molecule has 0 aliphatic carbocycles. The van der Waals surface area contributed by atoms with Crippen molar-refractivity contribution < 1.29 is 14.3 Å². The van der Waals surface area contributed by atoms with Crippen LogP contribution < -0.4 is 14.8 Å². The normalized spacial score (nSPS) is 11.7. The van der Waals surface area contributed by atoms with Crippen LogP contribution in [0.5, 0.6) is 11.5 Å². The third-order valence-corrected chi connectivity index (χ3v) is 3.77. The lowest BCUT2D eigenvalue weighted by molar-refractivity contribution is -0.121. The number of amides is 1. The molecule has 1 amide bonds. The quantitative estimate of drug-likeness (QED) is 0.875. The highest BCUT2D eigenvalue weighted by atomic mass is 35.5. The highest BCUT2D eigenvalue weighted by Crippen LogP contribution is 2.29. The molecule has 0 aliphatic heterocycles. The molecule has 0 heterocycles. The number of nitrogens with one attached hydrogen (secondary N) is 1. The van der Waals surface area contributed by atoms with Gasteiger partial charge in [0.05, 0.1) is 26.7 Å². The van der Waals surface area contributed by atoms with Crippen LogP contribution in [0, 0.1) is 0 Å². The van der Waals surface area contributed by atoms with E-state index in [4.69, 9.17) is 21.1 Å². The van der Waals surface area contributed by atoms with E-state index in [2.05, 4.69) is 5.32 Å². The van der Waals surface area contributed by atoms with Gasteiger partial charge in [-0.15, -0.1) is 0 Å². The SMILES string of the molecule is COc1ccc(OC)c([C@H](C)NC(=O)Cc2cccc(Cl)c2)c1. The van der Waals surface area contributed by atoms with Crippen LogP contribution in [0.4, 0.5) is 0 Å². The fourth-order valence-corrected chi connectivity index (χ4v) is 2.59. The molecular formula is C18H20ClNO3. The summed E-state index contributed by atoms with van der Waals surface area (Å²) < 4.78 is 10.6. The van der Waals surface area contributed by atoms with Crippen LogP contribution >= 0.6 is 11.6 Å². The van der Waals surface area contributed by atoms with Crippen molar-refractivity contribution >= 4 is 17.5 Å². The summed E-state index contributed by atoms with van der Waals surface area (Å²) in [5.41, 5.74) is 1.74. The van der Waals surface area contributed by atoms with Crippen molar-refractivity contribution in [3.63, 3.8) is 0 Å². The summed E-state index contributed by atoms with van der Waals surface area (Å²) >= 11 is 5.94. The van der Waals surface area contributed by atoms with Gasteiger partial charge in [0.15, 0.2) is 0 Å². The summed E-state index contributed by atoms with van der Waals surface area (Å²) in [4.78, 5) is 12.2. The summed E-state index contributed by atoms with van der Waals surface area (Å²) in [5, 5.41) is 3.60. The van der Waals surface area contributed by atoms with Crippen LogP contribution in [-0.4, -0.2) is 20.1 Å². The summed E-state index contributed by atoms with van der Waals surface area (Å²) in [5.74, 6) is 1.35. The molecule has 0 unspecified atom stereocenters. The smallest absolute Gasteiger partial charge is 0.224 e. The minimum atomic E-state index is -0.202. The van der Waals surface area contributed by atoms with Crippen LogP contribution in [0.2, 0.25) is 5.02 Å². The van der Waals surface area contributed by atoms with Crippen LogP contribution in [0.3, 0.4) is 0 Å². The summed E-state index contributed by atoms with van der Waals surface area (Å²) in [6, 6.07) is 12.6. The first-order valence-electron chi connectivity index (χ1n) is 7.29. The number of hydrogen-bond acceptors (Lipinski definition) is 3. The van der Waals surface area contributed by atoms with Gasteiger partial charge in [0.25, 0.3) is 0 Å². The van der Waals surface area contributed by atoms with E-state index >= 15 is 0 Å². The maximum Gasteiger partial charge on any atom is 0.224 e. The molecule has 23 heavy (non-hydrogen) atoms. The molecule has 2 rings (SSSR count). The number of benzene rings is 2. The Labute approximate surface area is 141 Å². The van der Waals surface area contributed by atoms with E-state index in [1.165, 1.54) is 0 Å². The van der Waals surface area contributed by atoms with E-state index in [9.17, 15) is 4.79 Å². The summed E-state index contributed by atoms with van der Waals surface area (Å²) in [6.45, 7) is 1.91. The zero-order valence-electron chi connectivity index (χ0n) is 13.4. The van der Waals surface area contributed by atoms with Gasteiger partial charge in [0.2, 0.25) is 5.91 Å². The second kappa shape index (κ2) is 7.88. The minimum Gasteiger partial charge on any atom is -0.497 e. The van der Waals surface area contributed by atoms with Crippen LogP contribution in [0.25, 0.3) is 0 Å². The van der Waals surface area contributed by atoms with Gasteiger partial charge in [-0.2, -0.15) is 0 Å². The second-order valence-electron chi connectivity index (χ2n) is 5.20. The molecule has 2 aromatic carbocycles. The molecule has 122 valence electrons. The Morgan fingerprint density at radius 3 is 2.61 bits per heavy atom. The number of carbonyl (C=O) groups is 1. The number of carbonyl (C=O) groups excluding carboxylic acids is 1. The average molecular weight is 334 g/mol. The lowest BCUT2D eigenvalue weighted by Crippen LogP contribution is -2.28. The standard InChI is InChI=1S/C18H20ClNO3/c1-12(16-11-15(22-2)7-8-17(16)23-3)20-18(21)10-13-5-4-6-14(19)9-13/h4-9,11-12H,10H2,1-3H3,(H,20,21)/t12-/m0/s1. The highest BCUT2D eigenvalue weighted by Gasteiger charge is 2.15. The van der Waals surface area contributed by atoms with Crippen molar-refractivity contribution in [2.45, 2.75) is 19.4 Å². The fraction of sp³-hybridized carbons (Fsp3) is 0.278. The predicted octanol–water partition coefficient (Wildman–Crippen LogP) is 3.78. The van der Waals surface area contributed by atoms with E-state index in [-0.39, 0.29) is 18.4 Å². The van der Waals surface area contributed by atoms with E-state index in [0.717, 1.165) is 16.9 Å². The van der Waals surface area contributed by atoms with Crippen LogP contribution in [-0.2, 0) is 11.2 Å². The minimum absolute atomic E-state index is 0.0790. The Morgan fingerprint density at radius 2 is 1.96 bits per heavy atom.